The largest absolute Gasteiger partial charge is 1.00 e. The number of rotatable bonds is 7. The number of halogens is 1. The second-order valence-corrected chi connectivity index (χ2v) is 6.31. The Bertz CT molecular complexity index is 349. The second-order valence-electron chi connectivity index (χ2n) is 6.31. The fourth-order valence-corrected chi connectivity index (χ4v) is 2.71. The molecule has 0 radical (unpaired) electrons. The molecular formula is C14H28ClNO6. The minimum Gasteiger partial charge on any atom is -1.00 e. The summed E-state index contributed by atoms with van der Waals surface area (Å²) in [6, 6.07) is 0. The zero-order chi connectivity index (χ0) is 15.6. The fourth-order valence-electron chi connectivity index (χ4n) is 2.71. The molecule has 0 aliphatic carbocycles. The molecule has 2 aliphatic rings. The van der Waals surface area contributed by atoms with Gasteiger partial charge in [0.2, 0.25) is 0 Å². The van der Waals surface area contributed by atoms with Gasteiger partial charge in [0.25, 0.3) is 0 Å². The van der Waals surface area contributed by atoms with E-state index in [-0.39, 0.29) is 26.5 Å². The molecule has 0 amide bonds. The molecule has 0 aromatic heterocycles. The lowest BCUT2D eigenvalue weighted by Crippen LogP contribution is -3.00. The molecule has 1 unspecified atom stereocenters. The molecule has 0 aromatic carbocycles. The Morgan fingerprint density at radius 3 is 2.59 bits per heavy atom. The molecule has 2 saturated heterocycles. The van der Waals surface area contributed by atoms with Crippen LogP contribution in [0.2, 0.25) is 0 Å². The van der Waals surface area contributed by atoms with Crippen LogP contribution in [-0.2, 0) is 18.9 Å². The van der Waals surface area contributed by atoms with E-state index in [0.29, 0.717) is 6.61 Å². The fraction of sp³-hybridized carbons (Fsp3) is 1.00. The van der Waals surface area contributed by atoms with Crippen molar-refractivity contribution < 1.29 is 43.0 Å². The number of aliphatic hydroxyl groups excluding tert-OH is 2. The number of aliphatic hydroxyl groups is 2. The SMILES string of the molecule is CN(C)CCCO[C@@H]1[C@H]2OC(C)(C)O[C@H]2O[C@@H]1C(O)CO.[Cl-].[H+]. The maximum atomic E-state index is 9.88. The molecule has 0 saturated carbocycles. The molecule has 2 fully saturated rings. The highest BCUT2D eigenvalue weighted by molar-refractivity contribution is 4.96. The summed E-state index contributed by atoms with van der Waals surface area (Å²) in [5, 5.41) is 19.0. The van der Waals surface area contributed by atoms with E-state index in [0.717, 1.165) is 13.0 Å². The average molecular weight is 342 g/mol. The van der Waals surface area contributed by atoms with Crippen LogP contribution in [-0.4, -0.2) is 85.5 Å². The normalized spacial score (nSPS) is 34.5. The number of nitrogens with zero attached hydrogens (tertiary/aromatic N) is 1. The van der Waals surface area contributed by atoms with Crippen molar-refractivity contribution >= 4 is 0 Å². The summed E-state index contributed by atoms with van der Waals surface area (Å²) in [5.74, 6) is -0.726. The number of ether oxygens (including phenoxy) is 4. The van der Waals surface area contributed by atoms with Gasteiger partial charge in [0.15, 0.2) is 12.1 Å². The highest BCUT2D eigenvalue weighted by Gasteiger charge is 2.56. The number of hydrogen-bond donors (Lipinski definition) is 2. The van der Waals surface area contributed by atoms with Gasteiger partial charge >= 0.3 is 1.43 Å². The van der Waals surface area contributed by atoms with Gasteiger partial charge in [-0.2, -0.15) is 0 Å². The van der Waals surface area contributed by atoms with Crippen LogP contribution in [0.4, 0.5) is 0 Å². The molecule has 0 spiro atoms. The van der Waals surface area contributed by atoms with E-state index in [2.05, 4.69) is 4.90 Å². The maximum Gasteiger partial charge on any atom is 1.00 e. The van der Waals surface area contributed by atoms with E-state index in [4.69, 9.17) is 24.1 Å². The van der Waals surface area contributed by atoms with Gasteiger partial charge in [0, 0.05) is 6.61 Å². The van der Waals surface area contributed by atoms with Crippen molar-refractivity contribution in [3.63, 3.8) is 0 Å². The Morgan fingerprint density at radius 2 is 2.00 bits per heavy atom. The molecule has 5 atom stereocenters. The Balaban J connectivity index is 0.00000242. The minimum atomic E-state index is -1.01. The molecule has 22 heavy (non-hydrogen) atoms. The van der Waals surface area contributed by atoms with Crippen molar-refractivity contribution in [1.29, 1.82) is 0 Å². The van der Waals surface area contributed by atoms with Crippen LogP contribution in [0.5, 0.6) is 0 Å². The lowest BCUT2D eigenvalue weighted by Gasteiger charge is -2.28. The van der Waals surface area contributed by atoms with Crippen molar-refractivity contribution in [2.45, 2.75) is 56.8 Å². The summed E-state index contributed by atoms with van der Waals surface area (Å²) in [6.07, 6.45) is -2.17. The molecule has 132 valence electrons. The van der Waals surface area contributed by atoms with Gasteiger partial charge in [-0.05, 0) is 40.9 Å². The van der Waals surface area contributed by atoms with E-state index in [1.807, 2.05) is 27.9 Å². The molecular weight excluding hydrogens is 314 g/mol. The van der Waals surface area contributed by atoms with Crippen LogP contribution < -0.4 is 12.4 Å². The Morgan fingerprint density at radius 1 is 1.32 bits per heavy atom. The predicted molar refractivity (Wildman–Crippen MR) is 75.8 cm³/mol. The van der Waals surface area contributed by atoms with Crippen LogP contribution in [0.15, 0.2) is 0 Å². The van der Waals surface area contributed by atoms with Gasteiger partial charge < -0.3 is 46.5 Å². The number of fused-ring (bicyclic) bond motifs is 1. The van der Waals surface area contributed by atoms with Crippen LogP contribution >= 0.6 is 0 Å². The third kappa shape index (κ3) is 4.75. The summed E-state index contributed by atoms with van der Waals surface area (Å²) in [6.45, 7) is 4.70. The molecule has 0 bridgehead atoms. The first kappa shape index (κ1) is 20.1. The topological polar surface area (TPSA) is 80.6 Å². The summed E-state index contributed by atoms with van der Waals surface area (Å²) in [7, 11) is 4.01. The standard InChI is InChI=1S/C14H27NO6.ClH/c1-14(2)20-12-11(18-7-5-6-15(3)4)10(9(17)8-16)19-13(12)21-14;/h9-13,16-17H,5-8H2,1-4H3;1H/t9?,10-,11+,12-,13-;/m1./s1. The Labute approximate surface area is 139 Å². The van der Waals surface area contributed by atoms with Crippen LogP contribution in [0.25, 0.3) is 0 Å². The lowest BCUT2D eigenvalue weighted by molar-refractivity contribution is -0.231. The monoisotopic (exact) mass is 341 g/mol. The van der Waals surface area contributed by atoms with Crippen molar-refractivity contribution in [3.05, 3.63) is 0 Å². The van der Waals surface area contributed by atoms with Crippen LogP contribution in [0, 0.1) is 0 Å². The quantitative estimate of drug-likeness (QED) is 0.469. The van der Waals surface area contributed by atoms with Crippen LogP contribution in [0.3, 0.4) is 0 Å². The molecule has 7 nitrogen and oxygen atoms in total. The lowest BCUT2D eigenvalue weighted by atomic mass is 10.1. The van der Waals surface area contributed by atoms with Gasteiger partial charge in [-0.1, -0.05) is 0 Å². The summed E-state index contributed by atoms with van der Waals surface area (Å²) in [5.41, 5.74) is 0. The molecule has 0 aromatic rings. The van der Waals surface area contributed by atoms with Crippen molar-refractivity contribution in [3.8, 4) is 0 Å². The Kier molecular flexibility index (Phi) is 7.48. The second kappa shape index (κ2) is 8.21. The summed E-state index contributed by atoms with van der Waals surface area (Å²) >= 11 is 0. The zero-order valence-electron chi connectivity index (χ0n) is 14.6. The van der Waals surface area contributed by atoms with Crippen LogP contribution in [0.1, 0.15) is 21.7 Å². The third-order valence-corrected chi connectivity index (χ3v) is 3.65. The first-order valence-electron chi connectivity index (χ1n) is 7.40. The van der Waals surface area contributed by atoms with Gasteiger partial charge in [-0.25, -0.2) is 0 Å². The van der Waals surface area contributed by atoms with Gasteiger partial charge in [-0.15, -0.1) is 0 Å². The molecule has 2 rings (SSSR count). The van der Waals surface area contributed by atoms with E-state index < -0.39 is 30.4 Å². The molecule has 2 heterocycles. The molecule has 8 heteroatoms. The Hall–Kier alpha value is 0.01000. The van der Waals surface area contributed by atoms with E-state index in [1.165, 1.54) is 0 Å². The smallest absolute Gasteiger partial charge is 1.00 e. The van der Waals surface area contributed by atoms with Crippen molar-refractivity contribution in [2.75, 3.05) is 33.9 Å². The van der Waals surface area contributed by atoms with Gasteiger partial charge in [0.1, 0.15) is 24.4 Å². The average Bonchev–Trinajstić information content (AvgIpc) is 2.86. The van der Waals surface area contributed by atoms with Gasteiger partial charge in [-0.3, -0.25) is 0 Å². The highest BCUT2D eigenvalue weighted by atomic mass is 35.5. The zero-order valence-corrected chi connectivity index (χ0v) is 14.3. The first-order chi connectivity index (χ1) is 9.84. The summed E-state index contributed by atoms with van der Waals surface area (Å²) < 4.78 is 23.0. The van der Waals surface area contributed by atoms with E-state index >= 15 is 0 Å². The van der Waals surface area contributed by atoms with Crippen molar-refractivity contribution in [2.24, 2.45) is 0 Å². The maximum absolute atomic E-state index is 9.88. The highest BCUT2D eigenvalue weighted by Crippen LogP contribution is 2.39. The number of hydrogen-bond acceptors (Lipinski definition) is 7. The first-order valence-corrected chi connectivity index (χ1v) is 7.40. The predicted octanol–water partition coefficient (Wildman–Crippen LogP) is -3.33. The van der Waals surface area contributed by atoms with E-state index in [9.17, 15) is 5.11 Å². The molecule has 2 N–H and O–H groups in total. The summed E-state index contributed by atoms with van der Waals surface area (Å²) in [4.78, 5) is 2.08. The van der Waals surface area contributed by atoms with E-state index in [1.54, 1.807) is 0 Å². The minimum absolute atomic E-state index is 0. The third-order valence-electron chi connectivity index (χ3n) is 3.65. The van der Waals surface area contributed by atoms with Gasteiger partial charge in [0.05, 0.1) is 6.61 Å². The molecule has 2 aliphatic heterocycles. The van der Waals surface area contributed by atoms with Crippen molar-refractivity contribution in [1.82, 2.24) is 4.90 Å².